The Bertz CT molecular complexity index is 1280. The van der Waals surface area contributed by atoms with E-state index in [-0.39, 0.29) is 23.5 Å². The number of hydrogen-bond acceptors (Lipinski definition) is 7. The van der Waals surface area contributed by atoms with Crippen LogP contribution in [0.3, 0.4) is 0 Å². The summed E-state index contributed by atoms with van der Waals surface area (Å²) >= 11 is 13.3. The summed E-state index contributed by atoms with van der Waals surface area (Å²) in [6, 6.07) is 10.7. The number of ether oxygens (including phenoxy) is 1. The third kappa shape index (κ3) is 7.24. The normalized spacial score (nSPS) is 11.8. The SMILES string of the molecule is CCn1c(SCC(=O)Nc2ccc(C(=O)OC)cc2)nnc1[C@H](NC(=O)c1ccc(Cl)c(Cl)c1)C(C)C. The maximum Gasteiger partial charge on any atom is 0.337 e. The van der Waals surface area contributed by atoms with Gasteiger partial charge in [-0.25, -0.2) is 4.79 Å². The number of anilines is 1. The average molecular weight is 564 g/mol. The fourth-order valence-electron chi connectivity index (χ4n) is 3.46. The Labute approximate surface area is 229 Å². The van der Waals surface area contributed by atoms with Crippen molar-refractivity contribution < 1.29 is 19.1 Å². The van der Waals surface area contributed by atoms with E-state index in [0.717, 1.165) is 0 Å². The lowest BCUT2D eigenvalue weighted by Gasteiger charge is -2.22. The fourth-order valence-corrected chi connectivity index (χ4v) is 4.57. The van der Waals surface area contributed by atoms with Gasteiger partial charge in [0.1, 0.15) is 0 Å². The molecule has 2 aromatic carbocycles. The summed E-state index contributed by atoms with van der Waals surface area (Å²) in [6.07, 6.45) is 0. The summed E-state index contributed by atoms with van der Waals surface area (Å²) in [7, 11) is 1.31. The molecule has 2 N–H and O–H groups in total. The van der Waals surface area contributed by atoms with E-state index in [1.165, 1.54) is 24.9 Å². The van der Waals surface area contributed by atoms with E-state index in [1.54, 1.807) is 36.4 Å². The van der Waals surface area contributed by atoms with E-state index < -0.39 is 12.0 Å². The van der Waals surface area contributed by atoms with Gasteiger partial charge < -0.3 is 19.9 Å². The monoisotopic (exact) mass is 563 g/mol. The van der Waals surface area contributed by atoms with Crippen LogP contribution in [-0.4, -0.2) is 45.4 Å². The number of aromatic nitrogens is 3. The quantitative estimate of drug-likeness (QED) is 0.255. The molecule has 1 heterocycles. The predicted molar refractivity (Wildman–Crippen MR) is 144 cm³/mol. The Balaban J connectivity index is 1.68. The highest BCUT2D eigenvalue weighted by molar-refractivity contribution is 7.99. The van der Waals surface area contributed by atoms with Gasteiger partial charge in [-0.2, -0.15) is 0 Å². The molecule has 1 aromatic heterocycles. The molecule has 2 amide bonds. The maximum atomic E-state index is 12.9. The van der Waals surface area contributed by atoms with Crippen LogP contribution in [0.1, 0.15) is 53.4 Å². The topological polar surface area (TPSA) is 115 Å². The van der Waals surface area contributed by atoms with E-state index in [1.807, 2.05) is 25.3 Å². The second-order valence-electron chi connectivity index (χ2n) is 8.31. The number of rotatable bonds is 10. The van der Waals surface area contributed by atoms with Gasteiger partial charge in [-0.15, -0.1) is 10.2 Å². The highest BCUT2D eigenvalue weighted by Gasteiger charge is 2.26. The number of methoxy groups -OCH3 is 1. The minimum absolute atomic E-state index is 0.00957. The van der Waals surface area contributed by atoms with Crippen molar-refractivity contribution in [1.29, 1.82) is 0 Å². The number of amides is 2. The van der Waals surface area contributed by atoms with Gasteiger partial charge in [0.05, 0.1) is 34.5 Å². The van der Waals surface area contributed by atoms with Gasteiger partial charge in [-0.3, -0.25) is 9.59 Å². The fraction of sp³-hybridized carbons (Fsp3) is 0.320. The van der Waals surface area contributed by atoms with Gasteiger partial charge in [0.15, 0.2) is 11.0 Å². The lowest BCUT2D eigenvalue weighted by molar-refractivity contribution is -0.113. The molecule has 0 saturated carbocycles. The maximum absolute atomic E-state index is 12.9. The van der Waals surface area contributed by atoms with Crippen LogP contribution in [0.25, 0.3) is 0 Å². The smallest absolute Gasteiger partial charge is 0.337 e. The first-order valence-corrected chi connectivity index (χ1v) is 13.2. The number of carbonyl (C=O) groups excluding carboxylic acids is 3. The summed E-state index contributed by atoms with van der Waals surface area (Å²) in [5, 5.41) is 15.6. The van der Waals surface area contributed by atoms with Crippen molar-refractivity contribution >= 4 is 58.4 Å². The third-order valence-corrected chi connectivity index (χ3v) is 7.10. The van der Waals surface area contributed by atoms with Crippen LogP contribution in [0.15, 0.2) is 47.6 Å². The number of thioether (sulfide) groups is 1. The van der Waals surface area contributed by atoms with Gasteiger partial charge >= 0.3 is 5.97 Å². The van der Waals surface area contributed by atoms with Crippen LogP contribution < -0.4 is 10.6 Å². The Morgan fingerprint density at radius 3 is 2.30 bits per heavy atom. The highest BCUT2D eigenvalue weighted by Crippen LogP contribution is 2.27. The van der Waals surface area contributed by atoms with Crippen molar-refractivity contribution in [2.24, 2.45) is 5.92 Å². The second-order valence-corrected chi connectivity index (χ2v) is 10.1. The van der Waals surface area contributed by atoms with Gasteiger partial charge in [0, 0.05) is 17.8 Å². The van der Waals surface area contributed by atoms with Gasteiger partial charge in [-0.05, 0) is 55.3 Å². The second kappa shape index (κ2) is 12.9. The van der Waals surface area contributed by atoms with E-state index >= 15 is 0 Å². The number of carbonyl (C=O) groups is 3. The summed E-state index contributed by atoms with van der Waals surface area (Å²) < 4.78 is 6.55. The van der Waals surface area contributed by atoms with E-state index in [9.17, 15) is 14.4 Å². The van der Waals surface area contributed by atoms with Crippen molar-refractivity contribution in [3.63, 3.8) is 0 Å². The Kier molecular flexibility index (Phi) is 9.96. The summed E-state index contributed by atoms with van der Waals surface area (Å²) in [5.41, 5.74) is 1.33. The number of nitrogens with zero attached hydrogens (tertiary/aromatic N) is 3. The molecule has 0 aliphatic heterocycles. The van der Waals surface area contributed by atoms with Crippen molar-refractivity contribution in [1.82, 2.24) is 20.1 Å². The molecule has 3 rings (SSSR count). The number of halogens is 2. The summed E-state index contributed by atoms with van der Waals surface area (Å²) in [6.45, 7) is 6.44. The summed E-state index contributed by atoms with van der Waals surface area (Å²) in [4.78, 5) is 37.0. The molecule has 1 atom stereocenters. The van der Waals surface area contributed by atoms with Crippen LogP contribution >= 0.6 is 35.0 Å². The molecule has 0 aliphatic carbocycles. The van der Waals surface area contributed by atoms with Gasteiger partial charge in [-0.1, -0.05) is 48.8 Å². The van der Waals surface area contributed by atoms with Crippen molar-refractivity contribution in [2.45, 2.75) is 38.5 Å². The average Bonchev–Trinajstić information content (AvgIpc) is 3.29. The molecule has 3 aromatic rings. The molecule has 0 radical (unpaired) electrons. The van der Waals surface area contributed by atoms with Crippen LogP contribution in [0, 0.1) is 5.92 Å². The Hall–Kier alpha value is -3.08. The van der Waals surface area contributed by atoms with Crippen LogP contribution in [0.2, 0.25) is 10.0 Å². The molecule has 196 valence electrons. The number of nitrogens with one attached hydrogen (secondary N) is 2. The standard InChI is InChI=1S/C25H27Cl2N5O4S/c1-5-32-22(21(14(2)3)29-23(34)16-8-11-18(26)19(27)12-16)30-31-25(32)37-13-20(33)28-17-9-6-15(7-10-17)24(35)36-4/h6-12,14,21H,5,13H2,1-4H3,(H,28,33)(H,29,34)/t21-/m1/s1. The zero-order chi connectivity index (χ0) is 27.1. The zero-order valence-electron chi connectivity index (χ0n) is 20.7. The molecule has 0 unspecified atom stereocenters. The molecule has 0 spiro atoms. The van der Waals surface area contributed by atoms with E-state index in [2.05, 4.69) is 25.6 Å². The van der Waals surface area contributed by atoms with E-state index in [0.29, 0.717) is 44.4 Å². The van der Waals surface area contributed by atoms with Crippen LogP contribution in [0.5, 0.6) is 0 Å². The van der Waals surface area contributed by atoms with Crippen molar-refractivity contribution in [3.8, 4) is 0 Å². The van der Waals surface area contributed by atoms with Crippen molar-refractivity contribution in [2.75, 3.05) is 18.2 Å². The molecular formula is C25H27Cl2N5O4S. The first-order chi connectivity index (χ1) is 17.6. The Morgan fingerprint density at radius 1 is 1.03 bits per heavy atom. The zero-order valence-corrected chi connectivity index (χ0v) is 23.1. The molecule has 37 heavy (non-hydrogen) atoms. The molecule has 12 heteroatoms. The lowest BCUT2D eigenvalue weighted by atomic mass is 10.0. The lowest BCUT2D eigenvalue weighted by Crippen LogP contribution is -2.33. The van der Waals surface area contributed by atoms with Crippen molar-refractivity contribution in [3.05, 3.63) is 69.5 Å². The molecule has 0 saturated heterocycles. The molecule has 0 aliphatic rings. The summed E-state index contributed by atoms with van der Waals surface area (Å²) in [5.74, 6) is -0.302. The van der Waals surface area contributed by atoms with E-state index in [4.69, 9.17) is 23.2 Å². The Morgan fingerprint density at radius 2 is 1.70 bits per heavy atom. The van der Waals surface area contributed by atoms with Gasteiger partial charge in [0.2, 0.25) is 5.91 Å². The first-order valence-electron chi connectivity index (χ1n) is 11.4. The van der Waals surface area contributed by atoms with Gasteiger partial charge in [0.25, 0.3) is 5.91 Å². The number of esters is 1. The van der Waals surface area contributed by atoms with Crippen LogP contribution in [0.4, 0.5) is 5.69 Å². The molecule has 0 bridgehead atoms. The predicted octanol–water partition coefficient (Wildman–Crippen LogP) is 5.25. The minimum Gasteiger partial charge on any atom is -0.465 e. The third-order valence-electron chi connectivity index (χ3n) is 5.40. The number of hydrogen-bond donors (Lipinski definition) is 2. The number of benzene rings is 2. The highest BCUT2D eigenvalue weighted by atomic mass is 35.5. The largest absolute Gasteiger partial charge is 0.465 e. The molecule has 9 nitrogen and oxygen atoms in total. The molecular weight excluding hydrogens is 537 g/mol. The van der Waals surface area contributed by atoms with Crippen LogP contribution in [-0.2, 0) is 16.1 Å². The minimum atomic E-state index is -0.448. The first kappa shape index (κ1) is 28.5. The molecule has 0 fully saturated rings.